The average molecular weight is 244 g/mol. The van der Waals surface area contributed by atoms with E-state index in [-0.39, 0.29) is 0 Å². The first-order valence-electron chi connectivity index (χ1n) is 3.27. The lowest BCUT2D eigenvalue weighted by molar-refractivity contribution is -0.221. The van der Waals surface area contributed by atoms with Crippen molar-refractivity contribution in [3.05, 3.63) is 0 Å². The summed E-state index contributed by atoms with van der Waals surface area (Å²) in [5, 5.41) is -5.43. The Labute approximate surface area is 75.8 Å². The maximum Gasteiger partial charge on any atom is 0.426 e. The first-order valence-corrected chi connectivity index (χ1v) is 4.93. The maximum atomic E-state index is 12.4. The number of hydrogen-bond acceptors (Lipinski definition) is 2. The molecule has 1 unspecified atom stereocenters. The lowest BCUT2D eigenvalue weighted by Crippen LogP contribution is -2.47. The van der Waals surface area contributed by atoms with E-state index < -0.39 is 33.2 Å². The predicted octanol–water partition coefficient (Wildman–Crippen LogP) is 1.91. The molecule has 1 atom stereocenters. The Hall–Kier alpha value is -0.470. The van der Waals surface area contributed by atoms with E-state index in [1.807, 2.05) is 0 Å². The van der Waals surface area contributed by atoms with E-state index >= 15 is 0 Å². The van der Waals surface area contributed by atoms with Crippen LogP contribution in [0.3, 0.4) is 0 Å². The van der Waals surface area contributed by atoms with E-state index in [9.17, 15) is 34.8 Å². The summed E-state index contributed by atoms with van der Waals surface area (Å²) in [5.74, 6) is -1.27. The quantitative estimate of drug-likeness (QED) is 0.711. The molecule has 0 radical (unpaired) electrons. The molecule has 0 saturated carbocycles. The van der Waals surface area contributed by atoms with E-state index in [4.69, 9.17) is 0 Å². The Bertz CT molecular complexity index is 292. The molecular formula is C5H6F6O2S. The minimum Gasteiger partial charge on any atom is -0.229 e. The van der Waals surface area contributed by atoms with Crippen LogP contribution in [0.5, 0.6) is 0 Å². The van der Waals surface area contributed by atoms with Gasteiger partial charge in [0.25, 0.3) is 6.17 Å². The van der Waals surface area contributed by atoms with Gasteiger partial charge in [0.05, 0.1) is 5.75 Å². The summed E-state index contributed by atoms with van der Waals surface area (Å²) < 4.78 is 92.2. The van der Waals surface area contributed by atoms with Gasteiger partial charge in [-0.25, -0.2) is 12.8 Å². The van der Waals surface area contributed by atoms with Crippen molar-refractivity contribution in [1.82, 2.24) is 0 Å². The molecule has 0 rings (SSSR count). The molecule has 9 heteroatoms. The summed E-state index contributed by atoms with van der Waals surface area (Å²) in [7, 11) is -5.41. The molecule has 0 aliphatic heterocycles. The normalized spacial score (nSPS) is 16.8. The summed E-state index contributed by atoms with van der Waals surface area (Å²) in [6.07, 6.45) is -10.6. The smallest absolute Gasteiger partial charge is 0.229 e. The standard InChI is InChI=1S/C5H6F6O2S/c1-2-14(12,13)5(10,11)3(6)4(7,8)9/h3H,2H2,1H3. The van der Waals surface area contributed by atoms with Crippen molar-refractivity contribution in [2.24, 2.45) is 0 Å². The molecule has 0 aromatic rings. The van der Waals surface area contributed by atoms with Gasteiger partial charge in [0.1, 0.15) is 0 Å². The van der Waals surface area contributed by atoms with Gasteiger partial charge in [-0.05, 0) is 0 Å². The van der Waals surface area contributed by atoms with Crippen LogP contribution in [-0.4, -0.2) is 31.8 Å². The Balaban J connectivity index is 5.18. The number of sulfone groups is 1. The van der Waals surface area contributed by atoms with Gasteiger partial charge in [0.2, 0.25) is 9.84 Å². The number of hydrogen-bond donors (Lipinski definition) is 0. The molecule has 14 heavy (non-hydrogen) atoms. The zero-order valence-corrected chi connectivity index (χ0v) is 7.59. The van der Waals surface area contributed by atoms with Crippen LogP contribution in [0.2, 0.25) is 0 Å². The Morgan fingerprint density at radius 3 is 1.71 bits per heavy atom. The van der Waals surface area contributed by atoms with Crippen LogP contribution in [0.25, 0.3) is 0 Å². The number of rotatable bonds is 3. The molecule has 0 spiro atoms. The summed E-state index contributed by atoms with van der Waals surface area (Å²) in [5.41, 5.74) is 0. The molecule has 0 amide bonds. The van der Waals surface area contributed by atoms with Crippen LogP contribution in [0.15, 0.2) is 0 Å². The largest absolute Gasteiger partial charge is 0.426 e. The fourth-order valence-corrected chi connectivity index (χ4v) is 1.37. The highest BCUT2D eigenvalue weighted by Crippen LogP contribution is 2.38. The molecule has 2 nitrogen and oxygen atoms in total. The summed E-state index contributed by atoms with van der Waals surface area (Å²) in [6.45, 7) is 0.701. The zero-order chi connectivity index (χ0) is 11.8. The lowest BCUT2D eigenvalue weighted by Gasteiger charge is -2.21. The summed E-state index contributed by atoms with van der Waals surface area (Å²) in [6, 6.07) is 0. The van der Waals surface area contributed by atoms with Gasteiger partial charge in [0, 0.05) is 0 Å². The first-order chi connectivity index (χ1) is 5.97. The van der Waals surface area contributed by atoms with Crippen molar-refractivity contribution in [2.75, 3.05) is 5.75 Å². The van der Waals surface area contributed by atoms with Crippen molar-refractivity contribution < 1.29 is 34.8 Å². The second kappa shape index (κ2) is 3.59. The van der Waals surface area contributed by atoms with E-state index in [0.29, 0.717) is 6.92 Å². The molecule has 0 aromatic carbocycles. The Morgan fingerprint density at radius 2 is 1.50 bits per heavy atom. The van der Waals surface area contributed by atoms with E-state index in [0.717, 1.165) is 0 Å². The second-order valence-electron chi connectivity index (χ2n) is 2.37. The zero-order valence-electron chi connectivity index (χ0n) is 6.78. The highest BCUT2D eigenvalue weighted by atomic mass is 32.2. The molecule has 0 bridgehead atoms. The van der Waals surface area contributed by atoms with Crippen LogP contribution in [0.1, 0.15) is 6.92 Å². The molecule has 86 valence electrons. The summed E-state index contributed by atoms with van der Waals surface area (Å²) >= 11 is 0. The topological polar surface area (TPSA) is 34.1 Å². The molecule has 0 aromatic heterocycles. The third-order valence-electron chi connectivity index (χ3n) is 1.38. The van der Waals surface area contributed by atoms with Gasteiger partial charge >= 0.3 is 11.4 Å². The van der Waals surface area contributed by atoms with Crippen molar-refractivity contribution in [2.45, 2.75) is 24.5 Å². The molecule has 0 fully saturated rings. The van der Waals surface area contributed by atoms with Crippen LogP contribution >= 0.6 is 0 Å². The molecular weight excluding hydrogens is 238 g/mol. The predicted molar refractivity (Wildman–Crippen MR) is 35.4 cm³/mol. The van der Waals surface area contributed by atoms with Crippen molar-refractivity contribution >= 4 is 9.84 Å². The maximum absolute atomic E-state index is 12.4. The summed E-state index contributed by atoms with van der Waals surface area (Å²) in [4.78, 5) is 0. The first kappa shape index (κ1) is 13.5. The molecule has 0 heterocycles. The average Bonchev–Trinajstić information content (AvgIpc) is 2.01. The lowest BCUT2D eigenvalue weighted by atomic mass is 10.4. The molecule has 0 aliphatic carbocycles. The minimum absolute atomic E-state index is 0.701. The third-order valence-corrected chi connectivity index (χ3v) is 3.17. The van der Waals surface area contributed by atoms with Gasteiger partial charge in [-0.1, -0.05) is 6.92 Å². The van der Waals surface area contributed by atoms with E-state index in [2.05, 4.69) is 0 Å². The van der Waals surface area contributed by atoms with Crippen LogP contribution in [0.4, 0.5) is 26.3 Å². The fourth-order valence-electron chi connectivity index (χ4n) is 0.541. The monoisotopic (exact) mass is 244 g/mol. The van der Waals surface area contributed by atoms with Crippen molar-refractivity contribution in [3.8, 4) is 0 Å². The van der Waals surface area contributed by atoms with Crippen LogP contribution < -0.4 is 0 Å². The molecule has 0 N–H and O–H groups in total. The minimum atomic E-state index is -5.90. The van der Waals surface area contributed by atoms with Crippen molar-refractivity contribution in [3.63, 3.8) is 0 Å². The number of alkyl halides is 6. The SMILES string of the molecule is CCS(=O)(=O)C(F)(F)C(F)C(F)(F)F. The number of halogens is 6. The molecule has 0 saturated heterocycles. The third kappa shape index (κ3) is 2.31. The van der Waals surface area contributed by atoms with Gasteiger partial charge in [0.15, 0.2) is 0 Å². The van der Waals surface area contributed by atoms with Crippen LogP contribution in [0, 0.1) is 0 Å². The van der Waals surface area contributed by atoms with Gasteiger partial charge in [-0.15, -0.1) is 0 Å². The van der Waals surface area contributed by atoms with Gasteiger partial charge in [-0.3, -0.25) is 0 Å². The van der Waals surface area contributed by atoms with E-state index in [1.54, 1.807) is 0 Å². The van der Waals surface area contributed by atoms with Gasteiger partial charge < -0.3 is 0 Å². The van der Waals surface area contributed by atoms with Crippen molar-refractivity contribution in [1.29, 1.82) is 0 Å². The van der Waals surface area contributed by atoms with E-state index in [1.165, 1.54) is 0 Å². The fraction of sp³-hybridized carbons (Fsp3) is 1.00. The van der Waals surface area contributed by atoms with Gasteiger partial charge in [-0.2, -0.15) is 22.0 Å². The van der Waals surface area contributed by atoms with Crippen LogP contribution in [-0.2, 0) is 9.84 Å². The molecule has 0 aliphatic rings. The highest BCUT2D eigenvalue weighted by Gasteiger charge is 2.63. The Kier molecular flexibility index (Phi) is 3.47. The Morgan fingerprint density at radius 1 is 1.14 bits per heavy atom. The second-order valence-corrected chi connectivity index (χ2v) is 4.72. The highest BCUT2D eigenvalue weighted by molar-refractivity contribution is 7.92.